The number of hydrogen-bond acceptors (Lipinski definition) is 4. The molecule has 1 saturated heterocycles. The third-order valence-corrected chi connectivity index (χ3v) is 4.80. The lowest BCUT2D eigenvalue weighted by atomic mass is 10.1. The van der Waals surface area contributed by atoms with Gasteiger partial charge in [0.2, 0.25) is 0 Å². The maximum atomic E-state index is 12.0. The van der Waals surface area contributed by atoms with Gasteiger partial charge in [-0.05, 0) is 53.9 Å². The van der Waals surface area contributed by atoms with E-state index in [0.717, 1.165) is 36.8 Å². The van der Waals surface area contributed by atoms with E-state index in [1.54, 1.807) is 23.0 Å². The number of fused-ring (bicyclic) bond motifs is 1. The molecule has 2 aromatic rings. The summed E-state index contributed by atoms with van der Waals surface area (Å²) >= 11 is 9.28. The number of aliphatic hydroxyl groups is 1. The molecule has 1 unspecified atom stereocenters. The number of nitrogens with zero attached hydrogens (tertiary/aromatic N) is 2. The van der Waals surface area contributed by atoms with Gasteiger partial charge in [-0.25, -0.2) is 4.98 Å². The van der Waals surface area contributed by atoms with E-state index in [4.69, 9.17) is 16.7 Å². The topological polar surface area (TPSA) is 67.2 Å². The molecule has 0 spiro atoms. The molecule has 0 saturated carbocycles. The van der Waals surface area contributed by atoms with Crippen molar-refractivity contribution in [1.29, 1.82) is 0 Å². The molecule has 126 valence electrons. The van der Waals surface area contributed by atoms with Gasteiger partial charge in [-0.1, -0.05) is 18.5 Å². The molecule has 0 bridgehead atoms. The summed E-state index contributed by atoms with van der Waals surface area (Å²) in [5, 5.41) is 13.0. The molecule has 1 fully saturated rings. The molecular formula is C16H21BrClN3O2. The van der Waals surface area contributed by atoms with Crippen molar-refractivity contribution in [1.82, 2.24) is 14.9 Å². The zero-order valence-electron chi connectivity index (χ0n) is 13.1. The van der Waals surface area contributed by atoms with Gasteiger partial charge in [0, 0.05) is 17.6 Å². The second-order valence-electron chi connectivity index (χ2n) is 5.53. The minimum absolute atomic E-state index is 0.0405. The van der Waals surface area contributed by atoms with Crippen LogP contribution in [0.3, 0.4) is 0 Å². The molecule has 3 rings (SSSR count). The summed E-state index contributed by atoms with van der Waals surface area (Å²) < 4.78 is 2.36. The Morgan fingerprint density at radius 3 is 2.87 bits per heavy atom. The highest BCUT2D eigenvalue weighted by molar-refractivity contribution is 9.10. The molecule has 1 aliphatic heterocycles. The van der Waals surface area contributed by atoms with Crippen molar-refractivity contribution in [3.63, 3.8) is 0 Å². The molecule has 0 radical (unpaired) electrons. The molecule has 7 heteroatoms. The van der Waals surface area contributed by atoms with Crippen LogP contribution >= 0.6 is 27.5 Å². The number of halogens is 2. The summed E-state index contributed by atoms with van der Waals surface area (Å²) in [5.41, 5.74) is 0.620. The molecule has 23 heavy (non-hydrogen) atoms. The van der Waals surface area contributed by atoms with Gasteiger partial charge in [0.25, 0.3) is 5.56 Å². The monoisotopic (exact) mass is 401 g/mol. The van der Waals surface area contributed by atoms with Crippen molar-refractivity contribution in [2.75, 3.05) is 13.1 Å². The van der Waals surface area contributed by atoms with Crippen LogP contribution in [-0.2, 0) is 6.54 Å². The first kappa shape index (κ1) is 18.4. The predicted octanol–water partition coefficient (Wildman–Crippen LogP) is 2.95. The van der Waals surface area contributed by atoms with Gasteiger partial charge < -0.3 is 10.4 Å². The van der Waals surface area contributed by atoms with Crippen molar-refractivity contribution in [2.24, 2.45) is 0 Å². The zero-order chi connectivity index (χ0) is 16.8. The summed E-state index contributed by atoms with van der Waals surface area (Å²) in [6.07, 6.45) is 4.51. The van der Waals surface area contributed by atoms with E-state index >= 15 is 0 Å². The summed E-state index contributed by atoms with van der Waals surface area (Å²) in [5.74, 6) is 0. The average molecular weight is 403 g/mol. The lowest BCUT2D eigenvalue weighted by molar-refractivity contribution is 0.142. The number of β-amino-alcohol motifs (C(OH)–C–C–N with tert-alkyl or cyclic N) is 1. The number of hydrogen-bond donors (Lipinski definition) is 2. The minimum Gasteiger partial charge on any atom is -0.392 e. The fourth-order valence-electron chi connectivity index (χ4n) is 2.39. The maximum Gasteiger partial charge on any atom is 0.261 e. The standard InChI is InChI=1S/C11H10BrClN2O.C5H11NO/c1-2-3-15-6-14-10-5-8(12)9(13)4-7(10)11(15)16;7-5-2-1-3-6-4-5/h4-6H,2-3H2,1H3;5-7H,1-4H2. The fourth-order valence-corrected chi connectivity index (χ4v) is 2.88. The Hall–Kier alpha value is -0.950. The lowest BCUT2D eigenvalue weighted by Crippen LogP contribution is -2.33. The van der Waals surface area contributed by atoms with Crippen LogP contribution in [0.1, 0.15) is 26.2 Å². The quantitative estimate of drug-likeness (QED) is 0.810. The molecular weight excluding hydrogens is 382 g/mol. The van der Waals surface area contributed by atoms with E-state index in [2.05, 4.69) is 26.2 Å². The van der Waals surface area contributed by atoms with Gasteiger partial charge in [0.05, 0.1) is 28.4 Å². The maximum absolute atomic E-state index is 12.0. The van der Waals surface area contributed by atoms with E-state index in [9.17, 15) is 4.79 Å². The molecule has 0 aliphatic carbocycles. The first-order valence-corrected chi connectivity index (χ1v) is 8.93. The zero-order valence-corrected chi connectivity index (χ0v) is 15.4. The average Bonchev–Trinajstić information content (AvgIpc) is 2.54. The Morgan fingerprint density at radius 1 is 1.52 bits per heavy atom. The van der Waals surface area contributed by atoms with Crippen LogP contribution in [0.5, 0.6) is 0 Å². The van der Waals surface area contributed by atoms with Crippen LogP contribution in [0.25, 0.3) is 10.9 Å². The Kier molecular flexibility index (Phi) is 7.02. The van der Waals surface area contributed by atoms with Crippen molar-refractivity contribution in [2.45, 2.75) is 38.8 Å². The second-order valence-corrected chi connectivity index (χ2v) is 6.79. The number of benzene rings is 1. The number of rotatable bonds is 2. The third-order valence-electron chi connectivity index (χ3n) is 3.60. The van der Waals surface area contributed by atoms with E-state index in [0.29, 0.717) is 22.5 Å². The number of aliphatic hydroxyl groups excluding tert-OH is 1. The molecule has 2 N–H and O–H groups in total. The summed E-state index contributed by atoms with van der Waals surface area (Å²) in [6, 6.07) is 3.41. The van der Waals surface area contributed by atoms with Crippen LogP contribution in [0.4, 0.5) is 0 Å². The van der Waals surface area contributed by atoms with E-state index in [1.165, 1.54) is 0 Å². The minimum atomic E-state index is -0.0752. The van der Waals surface area contributed by atoms with Gasteiger partial charge in [-0.15, -0.1) is 0 Å². The third kappa shape index (κ3) is 5.01. The highest BCUT2D eigenvalue weighted by atomic mass is 79.9. The van der Waals surface area contributed by atoms with Crippen LogP contribution in [0, 0.1) is 0 Å². The van der Waals surface area contributed by atoms with Crippen molar-refractivity contribution < 1.29 is 5.11 Å². The summed E-state index contributed by atoms with van der Waals surface area (Å²) in [6.45, 7) is 4.57. The van der Waals surface area contributed by atoms with Gasteiger partial charge in [-0.2, -0.15) is 0 Å². The van der Waals surface area contributed by atoms with Gasteiger partial charge in [0.15, 0.2) is 0 Å². The van der Waals surface area contributed by atoms with E-state index < -0.39 is 0 Å². The first-order valence-electron chi connectivity index (χ1n) is 7.76. The highest BCUT2D eigenvalue weighted by Gasteiger charge is 2.07. The molecule has 1 aromatic carbocycles. The number of nitrogens with one attached hydrogen (secondary N) is 1. The highest BCUT2D eigenvalue weighted by Crippen LogP contribution is 2.25. The molecule has 1 atom stereocenters. The summed E-state index contributed by atoms with van der Waals surface area (Å²) in [4.78, 5) is 16.3. The van der Waals surface area contributed by atoms with Crippen LogP contribution < -0.4 is 10.9 Å². The summed E-state index contributed by atoms with van der Waals surface area (Å²) in [7, 11) is 0. The SMILES string of the molecule is CCCn1cnc2cc(Br)c(Cl)cc2c1=O.OC1CCCNC1. The Bertz CT molecular complexity index is 714. The van der Waals surface area contributed by atoms with Crippen molar-refractivity contribution in [3.8, 4) is 0 Å². The smallest absolute Gasteiger partial charge is 0.261 e. The number of aryl methyl sites for hydroxylation is 1. The van der Waals surface area contributed by atoms with Gasteiger partial charge in [-0.3, -0.25) is 9.36 Å². The largest absolute Gasteiger partial charge is 0.392 e. The Balaban J connectivity index is 0.000000229. The Morgan fingerprint density at radius 2 is 2.30 bits per heavy atom. The number of aromatic nitrogens is 2. The van der Waals surface area contributed by atoms with Crippen molar-refractivity contribution >= 4 is 38.4 Å². The molecule has 0 amide bonds. The van der Waals surface area contributed by atoms with Gasteiger partial charge >= 0.3 is 0 Å². The van der Waals surface area contributed by atoms with E-state index in [-0.39, 0.29) is 11.7 Å². The lowest BCUT2D eigenvalue weighted by Gasteiger charge is -2.16. The molecule has 5 nitrogen and oxygen atoms in total. The Labute approximate surface area is 148 Å². The van der Waals surface area contributed by atoms with Crippen LogP contribution in [-0.4, -0.2) is 33.9 Å². The van der Waals surface area contributed by atoms with E-state index in [1.807, 2.05) is 6.92 Å². The molecule has 2 heterocycles. The second kappa shape index (κ2) is 8.78. The van der Waals surface area contributed by atoms with Crippen molar-refractivity contribution in [3.05, 3.63) is 38.3 Å². The fraction of sp³-hybridized carbons (Fsp3) is 0.500. The molecule has 1 aromatic heterocycles. The predicted molar refractivity (Wildman–Crippen MR) is 97.1 cm³/mol. The first-order chi connectivity index (χ1) is 11.0. The van der Waals surface area contributed by atoms with Crippen LogP contribution in [0.2, 0.25) is 5.02 Å². The molecule has 1 aliphatic rings. The van der Waals surface area contributed by atoms with Crippen LogP contribution in [0.15, 0.2) is 27.7 Å². The normalized spacial score (nSPS) is 17.7. The number of piperidine rings is 1. The van der Waals surface area contributed by atoms with Gasteiger partial charge in [0.1, 0.15) is 0 Å².